The summed E-state index contributed by atoms with van der Waals surface area (Å²) in [7, 11) is 0. The molecule has 1 aliphatic heterocycles. The van der Waals surface area contributed by atoms with Crippen LogP contribution in [0.5, 0.6) is 11.5 Å². The number of aromatic hydroxyl groups is 2. The number of nitrogens with zero attached hydrogens (tertiary/aromatic N) is 5. The Kier molecular flexibility index (Phi) is 10.2. The van der Waals surface area contributed by atoms with E-state index >= 15 is 0 Å². The normalized spacial score (nSPS) is 13.8. The van der Waals surface area contributed by atoms with Crippen molar-refractivity contribution in [3.63, 3.8) is 0 Å². The first-order valence-electron chi connectivity index (χ1n) is 16.6. The summed E-state index contributed by atoms with van der Waals surface area (Å²) in [4.78, 5) is 31.9. The summed E-state index contributed by atoms with van der Waals surface area (Å²) in [6, 6.07) is 31.4. The number of phenolic OH excluding ortho intramolecular Hbond substituents is 2. The van der Waals surface area contributed by atoms with E-state index in [2.05, 4.69) is 25.3 Å². The van der Waals surface area contributed by atoms with Crippen LogP contribution < -0.4 is 10.2 Å². The number of rotatable bonds is 6. The van der Waals surface area contributed by atoms with Crippen molar-refractivity contribution in [1.29, 1.82) is 0 Å². The molecule has 3 N–H and O–H groups in total. The highest BCUT2D eigenvalue weighted by molar-refractivity contribution is 6.34. The van der Waals surface area contributed by atoms with Gasteiger partial charge in [-0.3, -0.25) is 0 Å². The molecule has 7 aromatic rings. The monoisotopic (exact) mass is 732 g/mol. The van der Waals surface area contributed by atoms with Crippen molar-refractivity contribution in [2.24, 2.45) is 0 Å². The minimum absolute atomic E-state index is 0.0667. The van der Waals surface area contributed by atoms with Crippen LogP contribution in [-0.2, 0) is 11.3 Å². The highest BCUT2D eigenvalue weighted by atomic mass is 35.5. The highest BCUT2D eigenvalue weighted by Crippen LogP contribution is 2.34. The molecule has 1 fully saturated rings. The second-order valence-electron chi connectivity index (χ2n) is 12.2. The molecule has 0 radical (unpaired) electrons. The van der Waals surface area contributed by atoms with Gasteiger partial charge in [0.2, 0.25) is 0 Å². The van der Waals surface area contributed by atoms with Crippen LogP contribution in [0.2, 0.25) is 5.15 Å². The van der Waals surface area contributed by atoms with E-state index in [9.17, 15) is 23.8 Å². The SMILES string of the molecule is O=C(N[C@@H]1CCN(c2nc(-c3ccccc3O)nc3ccc(F)cc23)C1)OCc1ccccc1.Oc1ccccc1-c1nc(Cl)c2cc(F)ccc2n1. The lowest BCUT2D eigenvalue weighted by atomic mass is 10.1. The van der Waals surface area contributed by atoms with Gasteiger partial charge in [-0.15, -0.1) is 0 Å². The lowest BCUT2D eigenvalue weighted by Gasteiger charge is -2.20. The Morgan fingerprint density at radius 2 is 1.32 bits per heavy atom. The quantitative estimate of drug-likeness (QED) is 0.144. The number of phenols is 2. The zero-order valence-electron chi connectivity index (χ0n) is 28.0. The Morgan fingerprint density at radius 3 is 1.96 bits per heavy atom. The first kappa shape index (κ1) is 35.0. The Hall–Kier alpha value is -6.40. The Bertz CT molecular complexity index is 2440. The van der Waals surface area contributed by atoms with Crippen molar-refractivity contribution in [2.75, 3.05) is 18.0 Å². The van der Waals surface area contributed by atoms with Crippen LogP contribution in [0, 0.1) is 11.6 Å². The van der Waals surface area contributed by atoms with E-state index in [4.69, 9.17) is 16.3 Å². The van der Waals surface area contributed by atoms with Crippen LogP contribution in [-0.4, -0.2) is 55.4 Å². The van der Waals surface area contributed by atoms with E-state index in [1.54, 1.807) is 54.6 Å². The standard InChI is InChI=1S/C26H23FN4O3.C14H8ClFN2O/c27-18-10-11-22-21(14-18)25(30-24(29-22)20-8-4-5-9-23(20)32)31-13-12-19(15-31)28-26(33)34-16-17-6-2-1-3-7-17;15-13-10-7-8(16)5-6-11(10)17-14(18-13)9-3-1-2-4-12(9)19/h1-11,14,19,32H,12-13,15-16H2,(H,28,33);1-7,19H/t19-;/m1./s1. The van der Waals surface area contributed by atoms with Gasteiger partial charge in [0.05, 0.1) is 28.2 Å². The molecule has 2 aromatic heterocycles. The Balaban J connectivity index is 0.000000193. The number of ether oxygens (including phenoxy) is 1. The van der Waals surface area contributed by atoms with Gasteiger partial charge in [-0.2, -0.15) is 0 Å². The number of anilines is 1. The van der Waals surface area contributed by atoms with Gasteiger partial charge in [-0.1, -0.05) is 66.2 Å². The van der Waals surface area contributed by atoms with Crippen molar-refractivity contribution in [3.05, 3.63) is 138 Å². The van der Waals surface area contributed by atoms with E-state index < -0.39 is 11.9 Å². The zero-order chi connectivity index (χ0) is 36.9. The van der Waals surface area contributed by atoms with Crippen molar-refractivity contribution < 1.29 is 28.5 Å². The number of alkyl carbamates (subject to hydrolysis) is 1. The molecule has 1 atom stereocenters. The number of halogens is 3. The molecule has 0 aliphatic carbocycles. The molecule has 1 amide bonds. The van der Waals surface area contributed by atoms with Crippen molar-refractivity contribution >= 4 is 45.3 Å². The third-order valence-electron chi connectivity index (χ3n) is 8.56. The number of aromatic nitrogens is 4. The molecule has 266 valence electrons. The summed E-state index contributed by atoms with van der Waals surface area (Å²) in [5, 5.41) is 24.2. The van der Waals surface area contributed by atoms with Gasteiger partial charge < -0.3 is 25.2 Å². The maximum Gasteiger partial charge on any atom is 0.407 e. The fourth-order valence-electron chi connectivity index (χ4n) is 5.96. The van der Waals surface area contributed by atoms with E-state index in [-0.39, 0.29) is 35.1 Å². The Labute approximate surface area is 307 Å². The summed E-state index contributed by atoms with van der Waals surface area (Å²) in [6.45, 7) is 1.30. The lowest BCUT2D eigenvalue weighted by molar-refractivity contribution is 0.136. The molecule has 3 heterocycles. The maximum absolute atomic E-state index is 14.1. The molecule has 8 rings (SSSR count). The summed E-state index contributed by atoms with van der Waals surface area (Å²) >= 11 is 6.04. The average Bonchev–Trinajstić information content (AvgIpc) is 3.63. The molecule has 13 heteroatoms. The number of benzene rings is 5. The van der Waals surface area contributed by atoms with Crippen LogP contribution in [0.4, 0.5) is 19.4 Å². The molecule has 0 bridgehead atoms. The summed E-state index contributed by atoms with van der Waals surface area (Å²) in [5.41, 5.74) is 2.99. The van der Waals surface area contributed by atoms with Gasteiger partial charge >= 0.3 is 6.09 Å². The van der Waals surface area contributed by atoms with Crippen molar-refractivity contribution in [1.82, 2.24) is 25.3 Å². The molecule has 1 saturated heterocycles. The van der Waals surface area contributed by atoms with Crippen LogP contribution in [0.15, 0.2) is 115 Å². The van der Waals surface area contributed by atoms with Crippen LogP contribution in [0.25, 0.3) is 44.6 Å². The molecule has 0 unspecified atom stereocenters. The third-order valence-corrected chi connectivity index (χ3v) is 8.85. The number of carbonyl (C=O) groups excluding carboxylic acids is 1. The van der Waals surface area contributed by atoms with E-state index in [0.29, 0.717) is 69.9 Å². The second kappa shape index (κ2) is 15.5. The first-order valence-corrected chi connectivity index (χ1v) is 17.0. The molecule has 0 spiro atoms. The smallest absolute Gasteiger partial charge is 0.407 e. The van der Waals surface area contributed by atoms with Gasteiger partial charge in [0.25, 0.3) is 0 Å². The fraction of sp³-hybridized carbons (Fsp3) is 0.125. The summed E-state index contributed by atoms with van der Waals surface area (Å²) < 4.78 is 32.6. The molecule has 5 aromatic carbocycles. The van der Waals surface area contributed by atoms with E-state index in [1.807, 2.05) is 35.2 Å². The van der Waals surface area contributed by atoms with Crippen LogP contribution >= 0.6 is 11.6 Å². The first-order chi connectivity index (χ1) is 25.7. The van der Waals surface area contributed by atoms with Gasteiger partial charge in [0.1, 0.15) is 40.7 Å². The minimum atomic E-state index is -0.482. The number of fused-ring (bicyclic) bond motifs is 2. The van der Waals surface area contributed by atoms with E-state index in [1.165, 1.54) is 30.3 Å². The zero-order valence-corrected chi connectivity index (χ0v) is 28.7. The molecule has 10 nitrogen and oxygen atoms in total. The molecule has 0 saturated carbocycles. The number of nitrogens with one attached hydrogen (secondary N) is 1. The van der Waals surface area contributed by atoms with Gasteiger partial charge in [-0.05, 0) is 72.6 Å². The average molecular weight is 733 g/mol. The maximum atomic E-state index is 14.1. The van der Waals surface area contributed by atoms with Gasteiger partial charge in [-0.25, -0.2) is 33.5 Å². The van der Waals surface area contributed by atoms with Crippen molar-refractivity contribution in [3.8, 4) is 34.3 Å². The predicted molar refractivity (Wildman–Crippen MR) is 199 cm³/mol. The highest BCUT2D eigenvalue weighted by Gasteiger charge is 2.28. The number of hydrogen-bond acceptors (Lipinski definition) is 9. The number of hydrogen-bond donors (Lipinski definition) is 3. The van der Waals surface area contributed by atoms with Gasteiger partial charge in [0, 0.05) is 23.9 Å². The minimum Gasteiger partial charge on any atom is -0.507 e. The molecular weight excluding hydrogens is 702 g/mol. The lowest BCUT2D eigenvalue weighted by Crippen LogP contribution is -2.37. The van der Waals surface area contributed by atoms with Crippen LogP contribution in [0.3, 0.4) is 0 Å². The summed E-state index contributed by atoms with van der Waals surface area (Å²) in [6.07, 6.45) is 0.205. The molecular formula is C40H31ClF2N6O4. The molecule has 1 aliphatic rings. The fourth-order valence-corrected chi connectivity index (χ4v) is 6.19. The third kappa shape index (κ3) is 8.08. The van der Waals surface area contributed by atoms with Gasteiger partial charge in [0.15, 0.2) is 11.6 Å². The number of carbonyl (C=O) groups is 1. The van der Waals surface area contributed by atoms with E-state index in [0.717, 1.165) is 5.56 Å². The second-order valence-corrected chi connectivity index (χ2v) is 12.6. The predicted octanol–water partition coefficient (Wildman–Crippen LogP) is 8.44. The Morgan fingerprint density at radius 1 is 0.755 bits per heavy atom. The topological polar surface area (TPSA) is 134 Å². The number of amides is 1. The number of para-hydroxylation sites is 2. The van der Waals surface area contributed by atoms with Crippen molar-refractivity contribution in [2.45, 2.75) is 19.1 Å². The van der Waals surface area contributed by atoms with Crippen LogP contribution in [0.1, 0.15) is 12.0 Å². The summed E-state index contributed by atoms with van der Waals surface area (Å²) in [5.74, 6) is 0.578. The molecule has 53 heavy (non-hydrogen) atoms. The largest absolute Gasteiger partial charge is 0.507 e.